The molecule has 0 aliphatic carbocycles. The minimum Gasteiger partial charge on any atom is -0.467 e. The summed E-state index contributed by atoms with van der Waals surface area (Å²) in [6.07, 6.45) is 1.80. The van der Waals surface area contributed by atoms with Gasteiger partial charge in [-0.1, -0.05) is 48.5 Å². The first-order valence-electron chi connectivity index (χ1n) is 6.33. The van der Waals surface area contributed by atoms with Crippen LogP contribution < -0.4 is 5.32 Å². The maximum Gasteiger partial charge on any atom is 0.123 e. The molecule has 0 saturated heterocycles. The van der Waals surface area contributed by atoms with Crippen LogP contribution in [0.25, 0.3) is 11.1 Å². The van der Waals surface area contributed by atoms with E-state index in [0.29, 0.717) is 6.54 Å². The van der Waals surface area contributed by atoms with Crippen molar-refractivity contribution < 1.29 is 4.42 Å². The second kappa shape index (κ2) is 5.44. The smallest absolute Gasteiger partial charge is 0.123 e. The van der Waals surface area contributed by atoms with E-state index in [1.165, 1.54) is 5.56 Å². The van der Waals surface area contributed by atoms with Crippen LogP contribution in [0, 0.1) is 0 Å². The molecule has 2 heteroatoms. The number of hydrogen-bond acceptors (Lipinski definition) is 2. The molecular weight excluding hydrogens is 234 g/mol. The molecule has 3 aromatic rings. The van der Waals surface area contributed by atoms with E-state index in [2.05, 4.69) is 23.5 Å². The number of para-hydroxylation sites is 1. The van der Waals surface area contributed by atoms with E-state index in [1.807, 2.05) is 48.5 Å². The van der Waals surface area contributed by atoms with Gasteiger partial charge >= 0.3 is 0 Å². The highest BCUT2D eigenvalue weighted by atomic mass is 16.3. The second-order valence-corrected chi connectivity index (χ2v) is 4.39. The summed E-state index contributed by atoms with van der Waals surface area (Å²) in [4.78, 5) is 0. The zero-order chi connectivity index (χ0) is 12.9. The summed E-state index contributed by atoms with van der Waals surface area (Å²) in [7, 11) is 0. The monoisotopic (exact) mass is 249 g/mol. The molecule has 0 aliphatic rings. The number of furan rings is 1. The summed E-state index contributed by atoms with van der Waals surface area (Å²) in [6.45, 7) is 0.691. The van der Waals surface area contributed by atoms with Crippen LogP contribution in [0.5, 0.6) is 0 Å². The first-order valence-corrected chi connectivity index (χ1v) is 6.33. The molecule has 0 amide bonds. The molecule has 1 N–H and O–H groups in total. The van der Waals surface area contributed by atoms with E-state index in [9.17, 15) is 0 Å². The molecule has 1 heterocycles. The van der Waals surface area contributed by atoms with Gasteiger partial charge < -0.3 is 9.73 Å². The van der Waals surface area contributed by atoms with Crippen molar-refractivity contribution in [3.05, 3.63) is 78.8 Å². The maximum absolute atomic E-state index is 5.58. The highest BCUT2D eigenvalue weighted by Crippen LogP contribution is 2.22. The summed E-state index contributed by atoms with van der Waals surface area (Å²) in [6, 6.07) is 22.4. The van der Waals surface area contributed by atoms with Gasteiger partial charge in [-0.2, -0.15) is 0 Å². The molecule has 0 radical (unpaired) electrons. The number of rotatable bonds is 4. The van der Waals surface area contributed by atoms with E-state index in [4.69, 9.17) is 4.42 Å². The number of benzene rings is 2. The lowest BCUT2D eigenvalue weighted by Crippen LogP contribution is -1.97. The quantitative estimate of drug-likeness (QED) is 0.733. The number of nitrogens with one attached hydrogen (secondary N) is 1. The largest absolute Gasteiger partial charge is 0.467 e. The topological polar surface area (TPSA) is 25.2 Å². The lowest BCUT2D eigenvalue weighted by atomic mass is 10.1. The fourth-order valence-corrected chi connectivity index (χ4v) is 2.00. The minimum absolute atomic E-state index is 0.691. The van der Waals surface area contributed by atoms with Gasteiger partial charge in [0.1, 0.15) is 5.76 Å². The first kappa shape index (κ1) is 11.6. The van der Waals surface area contributed by atoms with E-state index in [1.54, 1.807) is 6.26 Å². The maximum atomic E-state index is 5.58. The highest BCUT2D eigenvalue weighted by molar-refractivity contribution is 5.62. The molecule has 0 atom stereocenters. The van der Waals surface area contributed by atoms with Crippen LogP contribution in [0.3, 0.4) is 0 Å². The van der Waals surface area contributed by atoms with Crippen LogP contribution >= 0.6 is 0 Å². The summed E-state index contributed by atoms with van der Waals surface area (Å²) in [5.41, 5.74) is 3.39. The fraction of sp³-hybridized carbons (Fsp3) is 0.0588. The van der Waals surface area contributed by atoms with Gasteiger partial charge in [0.25, 0.3) is 0 Å². The minimum atomic E-state index is 0.691. The van der Waals surface area contributed by atoms with Crippen LogP contribution in [-0.2, 0) is 6.54 Å². The normalized spacial score (nSPS) is 10.3. The average molecular weight is 249 g/mol. The van der Waals surface area contributed by atoms with Gasteiger partial charge in [0.2, 0.25) is 0 Å². The van der Waals surface area contributed by atoms with Crippen molar-refractivity contribution in [3.8, 4) is 11.1 Å². The summed E-state index contributed by atoms with van der Waals surface area (Å²) < 4.78 is 5.58. The molecule has 2 aromatic carbocycles. The van der Waals surface area contributed by atoms with Gasteiger partial charge in [-0.25, -0.2) is 0 Å². The Kier molecular flexibility index (Phi) is 3.32. The molecule has 0 spiro atoms. The Hall–Kier alpha value is -2.48. The SMILES string of the molecule is c1ccc(NCc2cc(-c3ccccc3)co2)cc1. The molecular formula is C17H15NO. The molecule has 0 bridgehead atoms. The average Bonchev–Trinajstić information content (AvgIpc) is 2.96. The molecule has 0 saturated carbocycles. The second-order valence-electron chi connectivity index (χ2n) is 4.39. The van der Waals surface area contributed by atoms with Crippen LogP contribution in [0.15, 0.2) is 77.4 Å². The zero-order valence-corrected chi connectivity index (χ0v) is 10.5. The summed E-state index contributed by atoms with van der Waals surface area (Å²) >= 11 is 0. The zero-order valence-electron chi connectivity index (χ0n) is 10.5. The van der Waals surface area contributed by atoms with Crippen LogP contribution in [0.2, 0.25) is 0 Å². The van der Waals surface area contributed by atoms with Crippen molar-refractivity contribution in [2.24, 2.45) is 0 Å². The van der Waals surface area contributed by atoms with Crippen LogP contribution in [-0.4, -0.2) is 0 Å². The number of anilines is 1. The van der Waals surface area contributed by atoms with E-state index < -0.39 is 0 Å². The third-order valence-electron chi connectivity index (χ3n) is 3.00. The summed E-state index contributed by atoms with van der Waals surface area (Å²) in [5.74, 6) is 0.933. The van der Waals surface area contributed by atoms with Crippen LogP contribution in [0.4, 0.5) is 5.69 Å². The van der Waals surface area contributed by atoms with Crippen molar-refractivity contribution in [3.63, 3.8) is 0 Å². The lowest BCUT2D eigenvalue weighted by molar-refractivity contribution is 0.518. The highest BCUT2D eigenvalue weighted by Gasteiger charge is 2.03. The Morgan fingerprint density at radius 1 is 0.789 bits per heavy atom. The molecule has 19 heavy (non-hydrogen) atoms. The van der Waals surface area contributed by atoms with Crippen molar-refractivity contribution in [1.29, 1.82) is 0 Å². The standard InChI is InChI=1S/C17H15NO/c1-3-7-14(8-4-1)15-11-17(19-13-15)12-18-16-9-5-2-6-10-16/h1-11,13,18H,12H2. The third kappa shape index (κ3) is 2.86. The van der Waals surface area contributed by atoms with Crippen molar-refractivity contribution in [2.75, 3.05) is 5.32 Å². The van der Waals surface area contributed by atoms with Gasteiger partial charge in [-0.15, -0.1) is 0 Å². The molecule has 1 aromatic heterocycles. The van der Waals surface area contributed by atoms with Crippen molar-refractivity contribution >= 4 is 5.69 Å². The predicted molar refractivity (Wildman–Crippen MR) is 77.9 cm³/mol. The van der Waals surface area contributed by atoms with Gasteiger partial charge in [-0.3, -0.25) is 0 Å². The Morgan fingerprint density at radius 3 is 2.21 bits per heavy atom. The van der Waals surface area contributed by atoms with Crippen molar-refractivity contribution in [2.45, 2.75) is 6.54 Å². The lowest BCUT2D eigenvalue weighted by Gasteiger charge is -2.02. The van der Waals surface area contributed by atoms with Crippen molar-refractivity contribution in [1.82, 2.24) is 0 Å². The van der Waals surface area contributed by atoms with Crippen LogP contribution in [0.1, 0.15) is 5.76 Å². The van der Waals surface area contributed by atoms with Gasteiger partial charge in [0, 0.05) is 11.3 Å². The molecule has 0 unspecified atom stereocenters. The van der Waals surface area contributed by atoms with Gasteiger partial charge in [0.05, 0.1) is 12.8 Å². The van der Waals surface area contributed by atoms with E-state index >= 15 is 0 Å². The molecule has 3 rings (SSSR count). The van der Waals surface area contributed by atoms with E-state index in [-0.39, 0.29) is 0 Å². The molecule has 2 nitrogen and oxygen atoms in total. The Morgan fingerprint density at radius 2 is 1.47 bits per heavy atom. The molecule has 0 fully saturated rings. The Balaban J connectivity index is 1.69. The summed E-state index contributed by atoms with van der Waals surface area (Å²) in [5, 5.41) is 3.33. The fourth-order valence-electron chi connectivity index (χ4n) is 2.00. The molecule has 0 aliphatic heterocycles. The Labute approximate surface area is 112 Å². The van der Waals surface area contributed by atoms with Gasteiger partial charge in [0.15, 0.2) is 0 Å². The molecule has 94 valence electrons. The predicted octanol–water partition coefficient (Wildman–Crippen LogP) is 4.56. The van der Waals surface area contributed by atoms with E-state index in [0.717, 1.165) is 17.0 Å². The number of hydrogen-bond donors (Lipinski definition) is 1. The van der Waals surface area contributed by atoms with Gasteiger partial charge in [-0.05, 0) is 23.8 Å². The first-order chi connectivity index (χ1) is 9.42. The third-order valence-corrected chi connectivity index (χ3v) is 3.00. The Bertz CT molecular complexity index is 629.